The maximum Gasteiger partial charge on any atom is -0.0357 e. The Hall–Kier alpha value is 0. The van der Waals surface area contributed by atoms with Crippen LogP contribution in [0.4, 0.5) is 0 Å². The first-order valence-electron chi connectivity index (χ1n) is 4.83. The molecule has 2 fully saturated rings. The van der Waals surface area contributed by atoms with Gasteiger partial charge in [0.15, 0.2) is 0 Å². The van der Waals surface area contributed by atoms with E-state index in [2.05, 4.69) is 13.8 Å². The van der Waals surface area contributed by atoms with Crippen molar-refractivity contribution in [3.05, 3.63) is 0 Å². The van der Waals surface area contributed by atoms with Gasteiger partial charge < -0.3 is 0 Å². The fraction of sp³-hybridized carbons (Fsp3) is 1.00. The van der Waals surface area contributed by atoms with E-state index in [1.165, 1.54) is 6.42 Å². The van der Waals surface area contributed by atoms with E-state index >= 15 is 0 Å². The Morgan fingerprint density at radius 1 is 1.30 bits per heavy atom. The monoisotopic (exact) mass is 138 g/mol. The molecule has 0 heteroatoms. The van der Waals surface area contributed by atoms with Crippen molar-refractivity contribution in [2.75, 3.05) is 0 Å². The van der Waals surface area contributed by atoms with Crippen LogP contribution >= 0.6 is 0 Å². The van der Waals surface area contributed by atoms with Gasteiger partial charge in [0.05, 0.1) is 0 Å². The maximum absolute atomic E-state index is 2.47. The lowest BCUT2D eigenvalue weighted by Crippen LogP contribution is -2.23. The van der Waals surface area contributed by atoms with Gasteiger partial charge in [-0.15, -0.1) is 0 Å². The predicted octanol–water partition coefficient (Wildman–Crippen LogP) is 3.08. The van der Waals surface area contributed by atoms with Gasteiger partial charge in [-0.3, -0.25) is 0 Å². The zero-order chi connectivity index (χ0) is 7.14. The summed E-state index contributed by atoms with van der Waals surface area (Å²) in [5, 5.41) is 0. The third-order valence-electron chi connectivity index (χ3n) is 4.03. The van der Waals surface area contributed by atoms with Crippen LogP contribution in [0.3, 0.4) is 0 Å². The summed E-state index contributed by atoms with van der Waals surface area (Å²) in [6.45, 7) is 4.82. The highest BCUT2D eigenvalue weighted by molar-refractivity contribution is 4.94. The molecule has 0 N–H and O–H groups in total. The molecule has 0 saturated heterocycles. The zero-order valence-corrected chi connectivity index (χ0v) is 7.14. The third-order valence-corrected chi connectivity index (χ3v) is 4.03. The fourth-order valence-corrected chi connectivity index (χ4v) is 3.07. The first-order chi connectivity index (χ1) is 4.83. The summed E-state index contributed by atoms with van der Waals surface area (Å²) in [5.41, 5.74) is 0. The van der Waals surface area contributed by atoms with E-state index in [1.807, 2.05) is 0 Å². The predicted molar refractivity (Wildman–Crippen MR) is 43.8 cm³/mol. The third kappa shape index (κ3) is 0.741. The molecule has 0 aromatic rings. The van der Waals surface area contributed by atoms with E-state index in [0.29, 0.717) is 0 Å². The molecule has 0 spiro atoms. The summed E-state index contributed by atoms with van der Waals surface area (Å²) in [6.07, 6.45) is 6.07. The summed E-state index contributed by atoms with van der Waals surface area (Å²) in [7, 11) is 0. The second kappa shape index (κ2) is 2.25. The molecule has 2 aliphatic rings. The molecule has 0 amide bonds. The van der Waals surface area contributed by atoms with Crippen LogP contribution in [0.1, 0.15) is 39.5 Å². The Morgan fingerprint density at radius 2 is 2.10 bits per heavy atom. The van der Waals surface area contributed by atoms with Crippen LogP contribution in [-0.4, -0.2) is 0 Å². The van der Waals surface area contributed by atoms with Crippen LogP contribution < -0.4 is 0 Å². The van der Waals surface area contributed by atoms with E-state index in [0.717, 1.165) is 23.7 Å². The molecule has 0 nitrogen and oxygen atoms in total. The minimum absolute atomic E-state index is 1.06. The highest BCUT2D eigenvalue weighted by Crippen LogP contribution is 2.53. The van der Waals surface area contributed by atoms with E-state index in [9.17, 15) is 0 Å². The van der Waals surface area contributed by atoms with E-state index in [-0.39, 0.29) is 0 Å². The molecule has 2 saturated carbocycles. The summed E-state index contributed by atoms with van der Waals surface area (Å²) in [5.74, 6) is 4.44. The van der Waals surface area contributed by atoms with Crippen LogP contribution in [0.2, 0.25) is 0 Å². The number of rotatable bonds is 1. The molecule has 0 radical (unpaired) electrons. The molecule has 58 valence electrons. The van der Waals surface area contributed by atoms with Crippen molar-refractivity contribution in [3.8, 4) is 0 Å². The summed E-state index contributed by atoms with van der Waals surface area (Å²) in [4.78, 5) is 0. The van der Waals surface area contributed by atoms with E-state index < -0.39 is 0 Å². The molecular weight excluding hydrogens is 120 g/mol. The van der Waals surface area contributed by atoms with Gasteiger partial charge in [-0.25, -0.2) is 0 Å². The standard InChI is InChI=1S/C10H18/c1-3-8-6-9-4-5-10(9)7(8)2/h7-10H,3-6H2,1-2H3/t7-,8?,9?,10?/m0/s1. The zero-order valence-electron chi connectivity index (χ0n) is 7.14. The Kier molecular flexibility index (Phi) is 1.51. The lowest BCUT2D eigenvalue weighted by Gasteiger charge is -2.32. The quantitative estimate of drug-likeness (QED) is 0.522. The highest BCUT2D eigenvalue weighted by atomic mass is 14.5. The molecular formula is C10H18. The van der Waals surface area contributed by atoms with Gasteiger partial charge in [-0.2, -0.15) is 0 Å². The van der Waals surface area contributed by atoms with Crippen LogP contribution in [0.5, 0.6) is 0 Å². The Morgan fingerprint density at radius 3 is 2.40 bits per heavy atom. The molecule has 3 unspecified atom stereocenters. The second-order valence-corrected chi connectivity index (χ2v) is 4.26. The van der Waals surface area contributed by atoms with Gasteiger partial charge in [0.25, 0.3) is 0 Å². The summed E-state index contributed by atoms with van der Waals surface area (Å²) in [6, 6.07) is 0. The lowest BCUT2D eigenvalue weighted by atomic mass is 9.73. The molecule has 0 aromatic heterocycles. The Bertz CT molecular complexity index is 128. The minimum atomic E-state index is 1.06. The van der Waals surface area contributed by atoms with Gasteiger partial charge in [0, 0.05) is 0 Å². The number of hydrogen-bond donors (Lipinski definition) is 0. The lowest BCUT2D eigenvalue weighted by molar-refractivity contribution is 0.175. The molecule has 2 rings (SSSR count). The van der Waals surface area contributed by atoms with Crippen LogP contribution in [0, 0.1) is 23.7 Å². The topological polar surface area (TPSA) is 0 Å². The van der Waals surface area contributed by atoms with Crippen molar-refractivity contribution in [2.24, 2.45) is 23.7 Å². The van der Waals surface area contributed by atoms with E-state index in [1.54, 1.807) is 19.3 Å². The summed E-state index contributed by atoms with van der Waals surface area (Å²) < 4.78 is 0. The van der Waals surface area contributed by atoms with Gasteiger partial charge >= 0.3 is 0 Å². The van der Waals surface area contributed by atoms with Gasteiger partial charge in [0.1, 0.15) is 0 Å². The molecule has 0 bridgehead atoms. The maximum atomic E-state index is 2.47. The van der Waals surface area contributed by atoms with Crippen molar-refractivity contribution < 1.29 is 0 Å². The molecule has 0 aromatic carbocycles. The first kappa shape index (κ1) is 6.69. The molecule has 0 aliphatic heterocycles. The van der Waals surface area contributed by atoms with Crippen LogP contribution in [0.25, 0.3) is 0 Å². The van der Waals surface area contributed by atoms with Gasteiger partial charge in [-0.1, -0.05) is 20.3 Å². The Labute approximate surface area is 64.0 Å². The molecule has 0 heterocycles. The largest absolute Gasteiger partial charge is 0.0651 e. The smallest absolute Gasteiger partial charge is 0.0357 e. The van der Waals surface area contributed by atoms with Crippen molar-refractivity contribution in [1.29, 1.82) is 0 Å². The normalized spacial score (nSPS) is 52.2. The second-order valence-electron chi connectivity index (χ2n) is 4.26. The number of hydrogen-bond acceptors (Lipinski definition) is 0. The molecule has 2 aliphatic carbocycles. The van der Waals surface area contributed by atoms with Gasteiger partial charge in [0.2, 0.25) is 0 Å². The van der Waals surface area contributed by atoms with Crippen molar-refractivity contribution in [2.45, 2.75) is 39.5 Å². The van der Waals surface area contributed by atoms with Gasteiger partial charge in [-0.05, 0) is 42.9 Å². The fourth-order valence-electron chi connectivity index (χ4n) is 3.07. The highest BCUT2D eigenvalue weighted by Gasteiger charge is 2.44. The van der Waals surface area contributed by atoms with Crippen molar-refractivity contribution in [1.82, 2.24) is 0 Å². The van der Waals surface area contributed by atoms with Crippen molar-refractivity contribution in [3.63, 3.8) is 0 Å². The SMILES string of the molecule is CCC1CC2CCC2[C@H]1C. The first-order valence-corrected chi connectivity index (χ1v) is 4.83. The van der Waals surface area contributed by atoms with Crippen LogP contribution in [-0.2, 0) is 0 Å². The number of fused-ring (bicyclic) bond motifs is 1. The molecule has 10 heavy (non-hydrogen) atoms. The summed E-state index contributed by atoms with van der Waals surface area (Å²) >= 11 is 0. The van der Waals surface area contributed by atoms with Crippen LogP contribution in [0.15, 0.2) is 0 Å². The van der Waals surface area contributed by atoms with E-state index in [4.69, 9.17) is 0 Å². The van der Waals surface area contributed by atoms with Crippen molar-refractivity contribution >= 4 is 0 Å². The molecule has 4 atom stereocenters. The Balaban J connectivity index is 2.02. The average molecular weight is 138 g/mol. The average Bonchev–Trinajstić information content (AvgIpc) is 2.05. The minimum Gasteiger partial charge on any atom is -0.0651 e.